The SMILES string of the molecule is O[C@@H]([C@@H]1CCCN(Cc2ccccc2)C1)C(F)(F)F. The van der Waals surface area contributed by atoms with Crippen molar-refractivity contribution in [1.82, 2.24) is 4.90 Å². The topological polar surface area (TPSA) is 23.5 Å². The molecule has 2 nitrogen and oxygen atoms in total. The van der Waals surface area contributed by atoms with E-state index in [1.807, 2.05) is 35.2 Å². The second-order valence-corrected chi connectivity index (χ2v) is 5.11. The van der Waals surface area contributed by atoms with Gasteiger partial charge in [-0.05, 0) is 24.9 Å². The van der Waals surface area contributed by atoms with E-state index in [0.29, 0.717) is 25.9 Å². The van der Waals surface area contributed by atoms with E-state index in [1.165, 1.54) is 0 Å². The Labute approximate surface area is 110 Å². The number of halogens is 3. The number of aliphatic hydroxyl groups excluding tert-OH is 1. The summed E-state index contributed by atoms with van der Waals surface area (Å²) in [5.74, 6) is -0.711. The van der Waals surface area contributed by atoms with Crippen molar-refractivity contribution < 1.29 is 18.3 Å². The number of piperidine rings is 1. The highest BCUT2D eigenvalue weighted by atomic mass is 19.4. The summed E-state index contributed by atoms with van der Waals surface area (Å²) in [5, 5.41) is 9.34. The van der Waals surface area contributed by atoms with Gasteiger partial charge >= 0.3 is 6.18 Å². The molecule has 1 aliphatic heterocycles. The van der Waals surface area contributed by atoms with E-state index in [1.54, 1.807) is 0 Å². The average molecular weight is 273 g/mol. The standard InChI is InChI=1S/C14H18F3NO/c15-14(16,17)13(19)12-7-4-8-18(10-12)9-11-5-2-1-3-6-11/h1-3,5-6,12-13,19H,4,7-10H2/t12-,13+/m1/s1. The molecule has 1 saturated heterocycles. The third-order valence-corrected chi connectivity index (χ3v) is 3.57. The Bertz CT molecular complexity index is 393. The Morgan fingerprint density at radius 2 is 1.95 bits per heavy atom. The van der Waals surface area contributed by atoms with Gasteiger partial charge in [0.25, 0.3) is 0 Å². The summed E-state index contributed by atoms with van der Waals surface area (Å²) in [4.78, 5) is 1.98. The molecule has 0 bridgehead atoms. The molecule has 1 aromatic rings. The number of benzene rings is 1. The van der Waals surface area contributed by atoms with Gasteiger partial charge in [-0.3, -0.25) is 4.90 Å². The second kappa shape index (κ2) is 5.92. The predicted octanol–water partition coefficient (Wildman–Crippen LogP) is 2.82. The number of hydrogen-bond acceptors (Lipinski definition) is 2. The van der Waals surface area contributed by atoms with Crippen molar-refractivity contribution in [2.75, 3.05) is 13.1 Å². The molecule has 0 amide bonds. The minimum absolute atomic E-state index is 0.301. The van der Waals surface area contributed by atoms with Crippen LogP contribution in [0.1, 0.15) is 18.4 Å². The van der Waals surface area contributed by atoms with Gasteiger partial charge in [0.1, 0.15) is 0 Å². The molecule has 19 heavy (non-hydrogen) atoms. The highest BCUT2D eigenvalue weighted by Crippen LogP contribution is 2.31. The fourth-order valence-electron chi connectivity index (χ4n) is 2.60. The van der Waals surface area contributed by atoms with Crippen molar-refractivity contribution in [2.45, 2.75) is 31.7 Å². The molecule has 0 unspecified atom stereocenters. The zero-order chi connectivity index (χ0) is 13.9. The van der Waals surface area contributed by atoms with Gasteiger partial charge in [-0.15, -0.1) is 0 Å². The van der Waals surface area contributed by atoms with Gasteiger partial charge in [-0.25, -0.2) is 0 Å². The van der Waals surface area contributed by atoms with E-state index in [-0.39, 0.29) is 0 Å². The normalized spacial score (nSPS) is 23.3. The molecule has 0 saturated carbocycles. The lowest BCUT2D eigenvalue weighted by Crippen LogP contribution is -2.45. The summed E-state index contributed by atoms with van der Waals surface area (Å²) in [5.41, 5.74) is 1.09. The number of likely N-dealkylation sites (tertiary alicyclic amines) is 1. The van der Waals surface area contributed by atoms with Gasteiger partial charge in [0, 0.05) is 19.0 Å². The highest BCUT2D eigenvalue weighted by Gasteiger charge is 2.44. The second-order valence-electron chi connectivity index (χ2n) is 5.11. The Kier molecular flexibility index (Phi) is 4.47. The third kappa shape index (κ3) is 3.94. The minimum Gasteiger partial charge on any atom is -0.383 e. The molecule has 1 N–H and O–H groups in total. The maximum absolute atomic E-state index is 12.5. The van der Waals surface area contributed by atoms with Crippen LogP contribution in [0.3, 0.4) is 0 Å². The van der Waals surface area contributed by atoms with Gasteiger partial charge in [0.05, 0.1) is 0 Å². The molecule has 0 radical (unpaired) electrons. The molecule has 2 rings (SSSR count). The van der Waals surface area contributed by atoms with Crippen molar-refractivity contribution in [3.63, 3.8) is 0 Å². The van der Waals surface area contributed by atoms with Crippen molar-refractivity contribution >= 4 is 0 Å². The smallest absolute Gasteiger partial charge is 0.383 e. The van der Waals surface area contributed by atoms with Crippen molar-refractivity contribution in [3.05, 3.63) is 35.9 Å². The van der Waals surface area contributed by atoms with Crippen LogP contribution >= 0.6 is 0 Å². The van der Waals surface area contributed by atoms with Crippen molar-refractivity contribution in [2.24, 2.45) is 5.92 Å². The number of rotatable bonds is 3. The van der Waals surface area contributed by atoms with Crippen LogP contribution < -0.4 is 0 Å². The Balaban J connectivity index is 1.94. The van der Waals surface area contributed by atoms with Crippen LogP contribution in [0.15, 0.2) is 30.3 Å². The summed E-state index contributed by atoms with van der Waals surface area (Å²) in [6.07, 6.45) is -5.58. The molecule has 1 aliphatic rings. The first kappa shape index (κ1) is 14.3. The summed E-state index contributed by atoms with van der Waals surface area (Å²) < 4.78 is 37.6. The maximum Gasteiger partial charge on any atom is 0.414 e. The first-order chi connectivity index (χ1) is 8.97. The molecular formula is C14H18F3NO. The van der Waals surface area contributed by atoms with Crippen LogP contribution in [-0.2, 0) is 6.54 Å². The lowest BCUT2D eigenvalue weighted by molar-refractivity contribution is -0.223. The molecule has 0 spiro atoms. The van der Waals surface area contributed by atoms with Gasteiger partial charge in [0.2, 0.25) is 0 Å². The minimum atomic E-state index is -4.51. The number of hydrogen-bond donors (Lipinski definition) is 1. The summed E-state index contributed by atoms with van der Waals surface area (Å²) in [6, 6.07) is 9.67. The van der Waals surface area contributed by atoms with E-state index >= 15 is 0 Å². The Morgan fingerprint density at radius 3 is 2.58 bits per heavy atom. The fourth-order valence-corrected chi connectivity index (χ4v) is 2.60. The van der Waals surface area contributed by atoms with Crippen LogP contribution in [0.25, 0.3) is 0 Å². The molecule has 5 heteroatoms. The lowest BCUT2D eigenvalue weighted by atomic mass is 9.92. The largest absolute Gasteiger partial charge is 0.414 e. The molecule has 0 aromatic heterocycles. The molecule has 2 atom stereocenters. The first-order valence-electron chi connectivity index (χ1n) is 6.48. The fraction of sp³-hybridized carbons (Fsp3) is 0.571. The average Bonchev–Trinajstić information content (AvgIpc) is 2.38. The Hall–Kier alpha value is -1.07. The van der Waals surface area contributed by atoms with Crippen molar-refractivity contribution in [3.8, 4) is 0 Å². The molecule has 1 fully saturated rings. The zero-order valence-corrected chi connectivity index (χ0v) is 10.6. The van der Waals surface area contributed by atoms with Crippen LogP contribution in [0.2, 0.25) is 0 Å². The number of nitrogens with zero attached hydrogens (tertiary/aromatic N) is 1. The van der Waals surface area contributed by atoms with Crippen LogP contribution in [0.5, 0.6) is 0 Å². The Morgan fingerprint density at radius 1 is 1.26 bits per heavy atom. The van der Waals surface area contributed by atoms with E-state index in [9.17, 15) is 18.3 Å². The third-order valence-electron chi connectivity index (χ3n) is 3.57. The summed E-state index contributed by atoms with van der Waals surface area (Å²) in [7, 11) is 0. The number of alkyl halides is 3. The first-order valence-corrected chi connectivity index (χ1v) is 6.48. The zero-order valence-electron chi connectivity index (χ0n) is 10.6. The van der Waals surface area contributed by atoms with E-state index < -0.39 is 18.2 Å². The van der Waals surface area contributed by atoms with E-state index in [2.05, 4.69) is 0 Å². The monoisotopic (exact) mass is 273 g/mol. The molecular weight excluding hydrogens is 255 g/mol. The predicted molar refractivity (Wildman–Crippen MR) is 66.5 cm³/mol. The quantitative estimate of drug-likeness (QED) is 0.915. The van der Waals surface area contributed by atoms with Gasteiger partial charge in [-0.1, -0.05) is 30.3 Å². The van der Waals surface area contributed by atoms with Gasteiger partial charge in [-0.2, -0.15) is 13.2 Å². The molecule has 106 valence electrons. The number of aliphatic hydroxyl groups is 1. The molecule has 0 aliphatic carbocycles. The maximum atomic E-state index is 12.5. The lowest BCUT2D eigenvalue weighted by Gasteiger charge is -2.35. The van der Waals surface area contributed by atoms with Crippen molar-refractivity contribution in [1.29, 1.82) is 0 Å². The summed E-state index contributed by atoms with van der Waals surface area (Å²) in [6.45, 7) is 1.73. The van der Waals surface area contributed by atoms with E-state index in [0.717, 1.165) is 12.1 Å². The van der Waals surface area contributed by atoms with Gasteiger partial charge in [0.15, 0.2) is 6.10 Å². The van der Waals surface area contributed by atoms with E-state index in [4.69, 9.17) is 0 Å². The van der Waals surface area contributed by atoms with Crippen LogP contribution in [-0.4, -0.2) is 35.4 Å². The summed E-state index contributed by atoms with van der Waals surface area (Å²) >= 11 is 0. The highest BCUT2D eigenvalue weighted by molar-refractivity contribution is 5.14. The van der Waals surface area contributed by atoms with Gasteiger partial charge < -0.3 is 5.11 Å². The van der Waals surface area contributed by atoms with Crippen LogP contribution in [0.4, 0.5) is 13.2 Å². The molecule has 1 heterocycles. The molecule has 1 aromatic carbocycles. The van der Waals surface area contributed by atoms with Crippen LogP contribution in [0, 0.1) is 5.92 Å².